The summed E-state index contributed by atoms with van der Waals surface area (Å²) in [7, 11) is -3.73. The van der Waals surface area contributed by atoms with Crippen LogP contribution in [0.4, 0.5) is 4.39 Å². The lowest BCUT2D eigenvalue weighted by atomic mass is 10.00. The van der Waals surface area contributed by atoms with Crippen molar-refractivity contribution in [3.8, 4) is 11.4 Å². The molecule has 0 N–H and O–H groups in total. The first-order valence-corrected chi connectivity index (χ1v) is 11.0. The highest BCUT2D eigenvalue weighted by molar-refractivity contribution is 7.89. The van der Waals surface area contributed by atoms with Gasteiger partial charge in [0.15, 0.2) is 0 Å². The van der Waals surface area contributed by atoms with Crippen LogP contribution in [0.25, 0.3) is 11.4 Å². The summed E-state index contributed by atoms with van der Waals surface area (Å²) in [6, 6.07) is 10.7. The van der Waals surface area contributed by atoms with Gasteiger partial charge in [-0.3, -0.25) is 0 Å². The van der Waals surface area contributed by atoms with Gasteiger partial charge in [0.1, 0.15) is 10.7 Å². The van der Waals surface area contributed by atoms with E-state index in [1.807, 2.05) is 6.92 Å². The predicted molar refractivity (Wildman–Crippen MR) is 107 cm³/mol. The number of piperidine rings is 1. The van der Waals surface area contributed by atoms with E-state index in [-0.39, 0.29) is 28.2 Å². The number of benzene rings is 2. The van der Waals surface area contributed by atoms with Gasteiger partial charge in [0, 0.05) is 18.7 Å². The lowest BCUT2D eigenvalue weighted by molar-refractivity contribution is 0.265. The Labute approximate surface area is 173 Å². The highest BCUT2D eigenvalue weighted by atomic mass is 35.5. The molecule has 1 fully saturated rings. The largest absolute Gasteiger partial charge is 0.339 e. The lowest BCUT2D eigenvalue weighted by Crippen LogP contribution is -2.39. The predicted octanol–water partition coefficient (Wildman–Crippen LogP) is 4.41. The fraction of sp³-hybridized carbons (Fsp3) is 0.300. The van der Waals surface area contributed by atoms with Gasteiger partial charge < -0.3 is 4.52 Å². The van der Waals surface area contributed by atoms with Crippen molar-refractivity contribution < 1.29 is 17.3 Å². The van der Waals surface area contributed by atoms with Gasteiger partial charge >= 0.3 is 0 Å². The van der Waals surface area contributed by atoms with Crippen LogP contribution in [-0.4, -0.2) is 36.0 Å². The van der Waals surface area contributed by atoms with Gasteiger partial charge in [0.05, 0.1) is 10.9 Å². The second kappa shape index (κ2) is 7.85. The van der Waals surface area contributed by atoms with Crippen molar-refractivity contribution >= 4 is 21.6 Å². The highest BCUT2D eigenvalue weighted by Crippen LogP contribution is 2.32. The molecule has 1 atom stereocenters. The van der Waals surface area contributed by atoms with Gasteiger partial charge in [0.2, 0.25) is 21.7 Å². The van der Waals surface area contributed by atoms with E-state index in [0.717, 1.165) is 12.0 Å². The van der Waals surface area contributed by atoms with Crippen LogP contribution in [0.2, 0.25) is 5.02 Å². The van der Waals surface area contributed by atoms with Crippen molar-refractivity contribution in [2.24, 2.45) is 0 Å². The summed E-state index contributed by atoms with van der Waals surface area (Å²) in [5.74, 6) is 0.158. The van der Waals surface area contributed by atoms with Crippen LogP contribution in [0.3, 0.4) is 0 Å². The third kappa shape index (κ3) is 4.05. The minimum atomic E-state index is -3.73. The summed E-state index contributed by atoms with van der Waals surface area (Å²) in [5, 5.41) is 4.17. The zero-order valence-electron chi connectivity index (χ0n) is 15.7. The number of rotatable bonds is 4. The summed E-state index contributed by atoms with van der Waals surface area (Å²) in [6.45, 7) is 2.49. The molecule has 29 heavy (non-hydrogen) atoms. The van der Waals surface area contributed by atoms with E-state index in [0.29, 0.717) is 30.2 Å². The van der Waals surface area contributed by atoms with Crippen LogP contribution < -0.4 is 0 Å². The topological polar surface area (TPSA) is 76.3 Å². The van der Waals surface area contributed by atoms with Crippen molar-refractivity contribution in [1.29, 1.82) is 0 Å². The molecule has 0 saturated carbocycles. The number of hydrogen-bond acceptors (Lipinski definition) is 5. The van der Waals surface area contributed by atoms with Crippen molar-refractivity contribution in [3.63, 3.8) is 0 Å². The first-order chi connectivity index (χ1) is 13.8. The van der Waals surface area contributed by atoms with E-state index in [4.69, 9.17) is 16.1 Å². The molecule has 0 aliphatic carbocycles. The average molecular weight is 436 g/mol. The van der Waals surface area contributed by atoms with Crippen LogP contribution in [0.5, 0.6) is 0 Å². The fourth-order valence-electron chi connectivity index (χ4n) is 3.43. The third-order valence-electron chi connectivity index (χ3n) is 4.98. The minimum Gasteiger partial charge on any atom is -0.339 e. The van der Waals surface area contributed by atoms with E-state index < -0.39 is 10.0 Å². The van der Waals surface area contributed by atoms with E-state index in [9.17, 15) is 12.8 Å². The van der Waals surface area contributed by atoms with Crippen molar-refractivity contribution in [1.82, 2.24) is 14.4 Å². The Hall–Kier alpha value is -2.29. The molecule has 152 valence electrons. The van der Waals surface area contributed by atoms with Gasteiger partial charge in [-0.15, -0.1) is 0 Å². The fourth-order valence-corrected chi connectivity index (χ4v) is 5.53. The maximum atomic E-state index is 13.1. The third-order valence-corrected chi connectivity index (χ3v) is 7.33. The Bertz CT molecular complexity index is 1130. The molecule has 6 nitrogen and oxygen atoms in total. The van der Waals surface area contributed by atoms with E-state index in [1.165, 1.54) is 22.5 Å². The lowest BCUT2D eigenvalue weighted by Gasteiger charge is -2.30. The molecule has 1 aliphatic rings. The Balaban J connectivity index is 1.56. The zero-order valence-corrected chi connectivity index (χ0v) is 17.3. The number of aryl methyl sites for hydroxylation is 1. The standard InChI is InChI=1S/C20H19ClFN3O3S/c1-13-4-9-18(17(21)11-13)29(26,27)25-10-2-3-15(12-25)20-23-19(24-28-20)14-5-7-16(22)8-6-14/h4-9,11,15H,2-3,10,12H2,1H3/t15-/m0/s1. The van der Waals surface area contributed by atoms with Crippen LogP contribution in [-0.2, 0) is 10.0 Å². The Morgan fingerprint density at radius 2 is 1.97 bits per heavy atom. The summed E-state index contributed by atoms with van der Waals surface area (Å²) >= 11 is 6.20. The number of halogens is 2. The first kappa shape index (κ1) is 20.0. The number of sulfonamides is 1. The maximum absolute atomic E-state index is 13.1. The summed E-state index contributed by atoms with van der Waals surface area (Å²) in [4.78, 5) is 4.50. The summed E-state index contributed by atoms with van der Waals surface area (Å²) < 4.78 is 46.1. The van der Waals surface area contributed by atoms with Gasteiger partial charge in [-0.05, 0) is 61.7 Å². The molecule has 3 aromatic rings. The van der Waals surface area contributed by atoms with Crippen LogP contribution in [0, 0.1) is 12.7 Å². The average Bonchev–Trinajstić information content (AvgIpc) is 3.18. The molecule has 1 saturated heterocycles. The molecule has 1 aliphatic heterocycles. The van der Waals surface area contributed by atoms with Crippen molar-refractivity contribution in [2.75, 3.05) is 13.1 Å². The smallest absolute Gasteiger partial charge is 0.244 e. The molecule has 4 rings (SSSR count). The summed E-state index contributed by atoms with van der Waals surface area (Å²) in [6.07, 6.45) is 1.40. The van der Waals surface area contributed by atoms with Crippen LogP contribution in [0.15, 0.2) is 51.9 Å². The maximum Gasteiger partial charge on any atom is 0.244 e. The first-order valence-electron chi connectivity index (χ1n) is 9.20. The monoisotopic (exact) mass is 435 g/mol. The molecule has 9 heteroatoms. The molecule has 2 aromatic carbocycles. The molecule has 2 heterocycles. The molecule has 1 aromatic heterocycles. The normalized spacial score (nSPS) is 18.1. The van der Waals surface area contributed by atoms with Gasteiger partial charge in [-0.2, -0.15) is 9.29 Å². The molecular weight excluding hydrogens is 417 g/mol. The molecule has 0 unspecified atom stereocenters. The van der Waals surface area contributed by atoms with E-state index >= 15 is 0 Å². The highest BCUT2D eigenvalue weighted by Gasteiger charge is 2.34. The van der Waals surface area contributed by atoms with Crippen LogP contribution >= 0.6 is 11.6 Å². The van der Waals surface area contributed by atoms with E-state index in [1.54, 1.807) is 24.3 Å². The Kier molecular flexibility index (Phi) is 5.42. The number of aromatic nitrogens is 2. The van der Waals surface area contributed by atoms with Crippen molar-refractivity contribution in [3.05, 3.63) is 64.8 Å². The summed E-state index contributed by atoms with van der Waals surface area (Å²) in [5.41, 5.74) is 1.53. The quantitative estimate of drug-likeness (QED) is 0.606. The number of hydrogen-bond donors (Lipinski definition) is 0. The minimum absolute atomic E-state index is 0.1000. The van der Waals surface area contributed by atoms with E-state index in [2.05, 4.69) is 10.1 Å². The molecular formula is C20H19ClFN3O3S. The zero-order chi connectivity index (χ0) is 20.6. The molecule has 0 spiro atoms. The molecule has 0 radical (unpaired) electrons. The second-order valence-electron chi connectivity index (χ2n) is 7.10. The van der Waals surface area contributed by atoms with Crippen molar-refractivity contribution in [2.45, 2.75) is 30.6 Å². The van der Waals surface area contributed by atoms with Crippen LogP contribution in [0.1, 0.15) is 30.2 Å². The van der Waals surface area contributed by atoms with Gasteiger partial charge in [-0.25, -0.2) is 12.8 Å². The Morgan fingerprint density at radius 3 is 2.69 bits per heavy atom. The Morgan fingerprint density at radius 1 is 1.21 bits per heavy atom. The molecule has 0 amide bonds. The van der Waals surface area contributed by atoms with Gasteiger partial charge in [0.25, 0.3) is 0 Å². The SMILES string of the molecule is Cc1ccc(S(=O)(=O)N2CCC[C@H](c3nc(-c4ccc(F)cc4)no3)C2)c(Cl)c1. The number of nitrogens with zero attached hydrogens (tertiary/aromatic N) is 3. The second-order valence-corrected chi connectivity index (χ2v) is 9.41. The molecule has 0 bridgehead atoms. The van der Waals surface area contributed by atoms with Gasteiger partial charge in [-0.1, -0.05) is 22.8 Å².